The van der Waals surface area contributed by atoms with E-state index in [1.54, 1.807) is 11.5 Å². The second kappa shape index (κ2) is 5.34. The fourth-order valence-corrected chi connectivity index (χ4v) is 5.00. The van der Waals surface area contributed by atoms with E-state index in [4.69, 9.17) is 2.74 Å². The Balaban J connectivity index is 2.26. The predicted molar refractivity (Wildman–Crippen MR) is 91.0 cm³/mol. The summed E-state index contributed by atoms with van der Waals surface area (Å²) < 4.78 is 21.1. The number of para-hydroxylation sites is 2. The Labute approximate surface area is 132 Å². The summed E-state index contributed by atoms with van der Waals surface area (Å²) >= 11 is -1.92. The average Bonchev–Trinajstić information content (AvgIpc) is 2.86. The average molecular weight is 341 g/mol. The minimum atomic E-state index is -1.92. The van der Waals surface area contributed by atoms with E-state index in [2.05, 4.69) is 47.9 Å². The first kappa shape index (κ1) is 12.0. The predicted octanol–water partition coefficient (Wildman–Crippen LogP) is 3.28. The zero-order chi connectivity index (χ0) is 16.8. The molecule has 1 aromatic heterocycles. The van der Waals surface area contributed by atoms with E-state index in [0.29, 0.717) is 0 Å². The molecule has 0 unspecified atom stereocenters. The first-order valence-corrected chi connectivity index (χ1v) is 14.6. The van der Waals surface area contributed by atoms with E-state index in [0.717, 1.165) is 16.7 Å². The molecule has 0 aliphatic rings. The number of hydrogen-bond acceptors (Lipinski definition) is 0. The van der Waals surface area contributed by atoms with Crippen LogP contribution >= 0.6 is 0 Å². The fourth-order valence-electron chi connectivity index (χ4n) is 2.53. The van der Waals surface area contributed by atoms with Gasteiger partial charge in [-0.1, -0.05) is 0 Å². The Morgan fingerprint density at radius 2 is 1.90 bits per heavy atom. The molecule has 0 saturated carbocycles. The summed E-state index contributed by atoms with van der Waals surface area (Å²) in [4.78, 5) is 0. The number of benzene rings is 2. The van der Waals surface area contributed by atoms with Gasteiger partial charge in [0, 0.05) is 0 Å². The van der Waals surface area contributed by atoms with E-state index < -0.39 is 19.8 Å². The zero-order valence-electron chi connectivity index (χ0n) is 15.0. The molecule has 0 spiro atoms. The number of fused-ring (bicyclic) bond motifs is 1. The van der Waals surface area contributed by atoms with E-state index in [1.807, 2.05) is 28.8 Å². The van der Waals surface area contributed by atoms with Crippen molar-refractivity contribution in [3.05, 3.63) is 54.9 Å². The van der Waals surface area contributed by atoms with E-state index in [1.165, 1.54) is 4.40 Å². The molecule has 0 aliphatic heterocycles. The summed E-state index contributed by atoms with van der Waals surface area (Å²) in [5.74, 6) is 7.13. The van der Waals surface area contributed by atoms with Crippen LogP contribution in [-0.4, -0.2) is 17.8 Å². The molecule has 0 atom stereocenters. The molecule has 1 heterocycles. The maximum absolute atomic E-state index is 8.07. The normalized spacial score (nSPS) is 14.1. The van der Waals surface area contributed by atoms with Gasteiger partial charge in [-0.2, -0.15) is 0 Å². The Morgan fingerprint density at radius 1 is 1.14 bits per heavy atom. The number of aryl methyl sites for hydroxylation is 1. The number of imidazole rings is 1. The monoisotopic (exact) mass is 342 g/mol. The third-order valence-corrected chi connectivity index (χ3v) is 8.04. The van der Waals surface area contributed by atoms with Crippen LogP contribution in [0.15, 0.2) is 48.5 Å². The van der Waals surface area contributed by atoms with Gasteiger partial charge in [-0.15, -0.1) is 0 Å². The van der Waals surface area contributed by atoms with Gasteiger partial charge >= 0.3 is 132 Å². The summed E-state index contributed by atoms with van der Waals surface area (Å²) in [5.41, 5.74) is 2.86. The van der Waals surface area contributed by atoms with Gasteiger partial charge in [0.15, 0.2) is 0 Å². The minimum absolute atomic E-state index is 0.850. The van der Waals surface area contributed by atoms with Gasteiger partial charge in [-0.3, -0.25) is 0 Å². The van der Waals surface area contributed by atoms with Gasteiger partial charge in [-0.25, -0.2) is 0 Å². The van der Waals surface area contributed by atoms with Gasteiger partial charge < -0.3 is 0 Å². The molecule has 2 aromatic carbocycles. The van der Waals surface area contributed by atoms with E-state index >= 15 is 0 Å². The molecule has 0 amide bonds. The second-order valence-corrected chi connectivity index (χ2v) is 16.9. The summed E-state index contributed by atoms with van der Waals surface area (Å²) in [6.07, 6.45) is 3.20. The maximum atomic E-state index is 8.07. The molecule has 2 nitrogen and oxygen atoms in total. The third-order valence-electron chi connectivity index (χ3n) is 3.76. The summed E-state index contributed by atoms with van der Waals surface area (Å²) in [7, 11) is 0. The van der Waals surface area contributed by atoms with Crippen LogP contribution in [0.4, 0.5) is 0 Å². The van der Waals surface area contributed by atoms with Crippen LogP contribution in [0.2, 0.25) is 17.3 Å². The zero-order valence-corrected chi connectivity index (χ0v) is 15.1. The van der Waals surface area contributed by atoms with E-state index in [-0.39, 0.29) is 0 Å². The quantitative estimate of drug-likeness (QED) is 0.393. The molecule has 0 N–H and O–H groups in total. The second-order valence-electron chi connectivity index (χ2n) is 6.28. The van der Waals surface area contributed by atoms with Crippen molar-refractivity contribution in [2.75, 3.05) is 0 Å². The van der Waals surface area contributed by atoms with Crippen molar-refractivity contribution in [1.82, 2.24) is 4.57 Å². The number of rotatable bonds is 3. The van der Waals surface area contributed by atoms with Gasteiger partial charge in [-0.05, 0) is 0 Å². The summed E-state index contributed by atoms with van der Waals surface area (Å²) in [5, 5.41) is 0. The Bertz CT molecular complexity index is 857. The molecule has 0 saturated heterocycles. The topological polar surface area (TPSA) is 8.81 Å². The first-order chi connectivity index (χ1) is 10.7. The van der Waals surface area contributed by atoms with Gasteiger partial charge in [0.1, 0.15) is 0 Å². The van der Waals surface area contributed by atoms with Crippen molar-refractivity contribution < 1.29 is 7.31 Å². The van der Waals surface area contributed by atoms with Crippen LogP contribution in [0.5, 0.6) is 0 Å². The van der Waals surface area contributed by atoms with Crippen LogP contribution in [0.25, 0.3) is 16.7 Å². The number of aromatic nitrogens is 2. The molecule has 3 rings (SSSR count). The van der Waals surface area contributed by atoms with Crippen LogP contribution in [0.3, 0.4) is 0 Å². The van der Waals surface area contributed by atoms with Crippen molar-refractivity contribution in [2.24, 2.45) is 0 Å². The molecule has 0 fully saturated rings. The number of hydrogen-bond donors (Lipinski definition) is 0. The third kappa shape index (κ3) is 2.65. The first-order valence-electron chi connectivity index (χ1n) is 8.24. The number of nitrogens with zero attached hydrogens (tertiary/aromatic N) is 2. The summed E-state index contributed by atoms with van der Waals surface area (Å²) in [6.45, 7) is 0.0610. The van der Waals surface area contributed by atoms with Crippen LogP contribution in [0, 0.1) is 6.33 Å². The standard InChI is InChI=1S/C18H22GeN2/c1-5-20-14-21(18-12-7-6-11-17(18)20)16-10-8-9-15(13-16)19(2,3)4/h6-13H,5H2,1-4H3/i5D2. The van der Waals surface area contributed by atoms with Crippen LogP contribution < -0.4 is 8.96 Å². The Hall–Kier alpha value is -1.55. The van der Waals surface area contributed by atoms with Gasteiger partial charge in [0.2, 0.25) is 0 Å². The van der Waals surface area contributed by atoms with E-state index in [9.17, 15) is 0 Å². The fraction of sp³-hybridized carbons (Fsp3) is 0.278. The van der Waals surface area contributed by atoms with Crippen LogP contribution in [-0.2, 0) is 6.50 Å². The summed E-state index contributed by atoms with van der Waals surface area (Å²) in [6, 6.07) is 16.5. The molecular formula is C18H22GeN2. The van der Waals surface area contributed by atoms with Crippen molar-refractivity contribution in [1.29, 1.82) is 0 Å². The molecule has 3 aromatic rings. The SMILES string of the molecule is [2H]C([2H])(C)[n+]1[c-]n(-c2ccc[c]([Ge]([CH3])([CH3])[CH3])c2)c2ccccc21. The molecule has 0 radical (unpaired) electrons. The van der Waals surface area contributed by atoms with Gasteiger partial charge in [0.25, 0.3) is 0 Å². The van der Waals surface area contributed by atoms with Crippen LogP contribution in [0.1, 0.15) is 9.67 Å². The molecule has 21 heavy (non-hydrogen) atoms. The molecule has 0 aliphatic carbocycles. The molecule has 3 heteroatoms. The Morgan fingerprint density at radius 3 is 2.62 bits per heavy atom. The van der Waals surface area contributed by atoms with Gasteiger partial charge in [0.05, 0.1) is 0 Å². The van der Waals surface area contributed by atoms with Crippen molar-refractivity contribution in [3.8, 4) is 5.69 Å². The van der Waals surface area contributed by atoms with Crippen molar-refractivity contribution >= 4 is 28.7 Å². The molecular weight excluding hydrogens is 317 g/mol. The molecule has 108 valence electrons. The Kier molecular flexibility index (Phi) is 3.06. The van der Waals surface area contributed by atoms with Crippen molar-refractivity contribution in [3.63, 3.8) is 0 Å². The van der Waals surface area contributed by atoms with Crippen molar-refractivity contribution in [2.45, 2.75) is 30.7 Å². The molecule has 0 bridgehead atoms.